The number of aliphatic carboxylic acids is 1. The molecule has 2 atom stereocenters. The molecular weight excluding hydrogens is 250 g/mol. The average Bonchev–Trinajstić information content (AvgIpc) is 2.89. The molecule has 0 aliphatic heterocycles. The third kappa shape index (κ3) is 4.47. The molecule has 0 aromatic heterocycles. The maximum Gasteiger partial charge on any atom is 0.317 e. The number of carbonyl (C=O) groups is 1. The second-order valence-electron chi connectivity index (χ2n) is 7.32. The molecule has 0 aromatic carbocycles. The minimum atomic E-state index is -0.650. The molecule has 0 radical (unpaired) electrons. The predicted octanol–water partition coefficient (Wildman–Crippen LogP) is 3.92. The van der Waals surface area contributed by atoms with Gasteiger partial charge in [0, 0.05) is 12.1 Å². The molecule has 0 heterocycles. The van der Waals surface area contributed by atoms with Crippen molar-refractivity contribution in [2.24, 2.45) is 11.8 Å². The monoisotopic (exact) mass is 281 g/mol. The summed E-state index contributed by atoms with van der Waals surface area (Å²) in [6.45, 7) is 4.86. The molecule has 2 aliphatic rings. The Morgan fingerprint density at radius 3 is 2.35 bits per heavy atom. The van der Waals surface area contributed by atoms with E-state index in [-0.39, 0.29) is 6.54 Å². The third-order valence-electron chi connectivity index (χ3n) is 5.14. The van der Waals surface area contributed by atoms with E-state index in [0.29, 0.717) is 12.1 Å². The van der Waals surface area contributed by atoms with Gasteiger partial charge in [0.25, 0.3) is 0 Å². The lowest BCUT2D eigenvalue weighted by atomic mass is 9.80. The Kier molecular flexibility index (Phi) is 5.88. The molecule has 0 amide bonds. The molecule has 0 aromatic rings. The highest BCUT2D eigenvalue weighted by atomic mass is 16.4. The van der Waals surface area contributed by atoms with Crippen molar-refractivity contribution in [2.45, 2.75) is 83.7 Å². The molecule has 2 unspecified atom stereocenters. The van der Waals surface area contributed by atoms with Crippen molar-refractivity contribution < 1.29 is 9.90 Å². The maximum atomic E-state index is 11.2. The second kappa shape index (κ2) is 7.44. The van der Waals surface area contributed by atoms with Crippen LogP contribution in [0.4, 0.5) is 0 Å². The Morgan fingerprint density at radius 2 is 1.75 bits per heavy atom. The van der Waals surface area contributed by atoms with Gasteiger partial charge in [0.05, 0.1) is 6.54 Å². The summed E-state index contributed by atoms with van der Waals surface area (Å²) in [5, 5.41) is 9.24. The normalized spacial score (nSPS) is 28.4. The summed E-state index contributed by atoms with van der Waals surface area (Å²) < 4.78 is 0. The third-order valence-corrected chi connectivity index (χ3v) is 5.14. The van der Waals surface area contributed by atoms with Gasteiger partial charge >= 0.3 is 5.97 Å². The van der Waals surface area contributed by atoms with E-state index < -0.39 is 5.97 Å². The highest BCUT2D eigenvalue weighted by Crippen LogP contribution is 2.35. The second-order valence-corrected chi connectivity index (χ2v) is 7.32. The Balaban J connectivity index is 1.97. The van der Waals surface area contributed by atoms with Crippen LogP contribution in [0.25, 0.3) is 0 Å². The minimum absolute atomic E-state index is 0.254. The van der Waals surface area contributed by atoms with Gasteiger partial charge in [-0.2, -0.15) is 0 Å². The molecule has 1 N–H and O–H groups in total. The van der Waals surface area contributed by atoms with Gasteiger partial charge in [-0.05, 0) is 43.9 Å². The first-order valence-corrected chi connectivity index (χ1v) is 8.53. The van der Waals surface area contributed by atoms with Crippen LogP contribution in [0.3, 0.4) is 0 Å². The van der Waals surface area contributed by atoms with E-state index in [9.17, 15) is 9.90 Å². The lowest BCUT2D eigenvalue weighted by Crippen LogP contribution is -2.47. The molecule has 0 bridgehead atoms. The number of rotatable bonds is 6. The molecular formula is C17H31NO2. The highest BCUT2D eigenvalue weighted by Gasteiger charge is 2.33. The summed E-state index contributed by atoms with van der Waals surface area (Å²) in [6, 6.07) is 1.06. The van der Waals surface area contributed by atoms with Crippen molar-refractivity contribution in [1.29, 1.82) is 0 Å². The van der Waals surface area contributed by atoms with Crippen molar-refractivity contribution in [1.82, 2.24) is 4.90 Å². The highest BCUT2D eigenvalue weighted by molar-refractivity contribution is 5.69. The summed E-state index contributed by atoms with van der Waals surface area (Å²) in [6.07, 6.45) is 11.3. The fourth-order valence-corrected chi connectivity index (χ4v) is 4.39. The maximum absolute atomic E-state index is 11.2. The average molecular weight is 281 g/mol. The van der Waals surface area contributed by atoms with Gasteiger partial charge in [-0.15, -0.1) is 0 Å². The summed E-state index contributed by atoms with van der Waals surface area (Å²) in [7, 11) is 0. The molecule has 0 saturated heterocycles. The van der Waals surface area contributed by atoms with Gasteiger partial charge in [0.15, 0.2) is 0 Å². The minimum Gasteiger partial charge on any atom is -0.480 e. The van der Waals surface area contributed by atoms with Gasteiger partial charge < -0.3 is 5.11 Å². The van der Waals surface area contributed by atoms with Crippen LogP contribution in [0.2, 0.25) is 0 Å². The topological polar surface area (TPSA) is 40.5 Å². The van der Waals surface area contributed by atoms with Gasteiger partial charge in [-0.1, -0.05) is 39.5 Å². The molecule has 3 heteroatoms. The molecule has 2 fully saturated rings. The van der Waals surface area contributed by atoms with Gasteiger partial charge in [0.2, 0.25) is 0 Å². The Hall–Kier alpha value is -0.570. The van der Waals surface area contributed by atoms with E-state index in [4.69, 9.17) is 0 Å². The number of carboxylic acids is 1. The quantitative estimate of drug-likeness (QED) is 0.802. The van der Waals surface area contributed by atoms with E-state index in [0.717, 1.165) is 11.8 Å². The predicted molar refractivity (Wildman–Crippen MR) is 81.8 cm³/mol. The Bertz CT molecular complexity index is 310. The van der Waals surface area contributed by atoms with Crippen LogP contribution in [0.5, 0.6) is 0 Å². The largest absolute Gasteiger partial charge is 0.480 e. The number of hydrogen-bond donors (Lipinski definition) is 1. The zero-order valence-electron chi connectivity index (χ0n) is 13.2. The first kappa shape index (κ1) is 15.8. The molecule has 116 valence electrons. The van der Waals surface area contributed by atoms with E-state index in [1.54, 1.807) is 0 Å². The van der Waals surface area contributed by atoms with Crippen molar-refractivity contribution in [3.8, 4) is 0 Å². The van der Waals surface area contributed by atoms with E-state index in [1.807, 2.05) is 0 Å². The molecule has 3 nitrogen and oxygen atoms in total. The summed E-state index contributed by atoms with van der Waals surface area (Å²) in [5.41, 5.74) is 0. The van der Waals surface area contributed by atoms with Crippen molar-refractivity contribution in [3.05, 3.63) is 0 Å². The molecule has 2 saturated carbocycles. The van der Waals surface area contributed by atoms with Crippen molar-refractivity contribution >= 4 is 5.97 Å². The van der Waals surface area contributed by atoms with E-state index in [1.165, 1.54) is 57.8 Å². The summed E-state index contributed by atoms with van der Waals surface area (Å²) >= 11 is 0. The molecule has 2 aliphatic carbocycles. The van der Waals surface area contributed by atoms with Gasteiger partial charge in [0.1, 0.15) is 0 Å². The molecule has 0 spiro atoms. The first-order chi connectivity index (χ1) is 9.56. The van der Waals surface area contributed by atoms with Crippen molar-refractivity contribution in [2.75, 3.05) is 6.54 Å². The fourth-order valence-electron chi connectivity index (χ4n) is 4.39. The number of hydrogen-bond acceptors (Lipinski definition) is 2. The first-order valence-electron chi connectivity index (χ1n) is 8.53. The van der Waals surface area contributed by atoms with Crippen LogP contribution < -0.4 is 0 Å². The standard InChI is InChI=1S/C17H31NO2/c1-13(2)10-14-6-5-9-16(11-14)18(12-17(19)20)15-7-3-4-8-15/h13-16H,3-12H2,1-2H3,(H,19,20). The Morgan fingerprint density at radius 1 is 1.10 bits per heavy atom. The van der Waals surface area contributed by atoms with Crippen LogP contribution in [0.15, 0.2) is 0 Å². The zero-order valence-corrected chi connectivity index (χ0v) is 13.2. The van der Waals surface area contributed by atoms with Crippen LogP contribution >= 0.6 is 0 Å². The SMILES string of the molecule is CC(C)CC1CCCC(N(CC(=O)O)C2CCCC2)C1. The van der Waals surface area contributed by atoms with E-state index in [2.05, 4.69) is 18.7 Å². The number of carboxylic acid groups (broad SMARTS) is 1. The van der Waals surface area contributed by atoms with Gasteiger partial charge in [-0.3, -0.25) is 9.69 Å². The molecule has 2 rings (SSSR count). The van der Waals surface area contributed by atoms with Crippen LogP contribution in [0, 0.1) is 11.8 Å². The Labute approximate surface area is 123 Å². The summed E-state index contributed by atoms with van der Waals surface area (Å²) in [5.74, 6) is 0.924. The summed E-state index contributed by atoms with van der Waals surface area (Å²) in [4.78, 5) is 13.6. The number of nitrogens with zero attached hydrogens (tertiary/aromatic N) is 1. The van der Waals surface area contributed by atoms with Crippen molar-refractivity contribution in [3.63, 3.8) is 0 Å². The zero-order chi connectivity index (χ0) is 14.5. The van der Waals surface area contributed by atoms with Crippen LogP contribution in [-0.4, -0.2) is 34.6 Å². The van der Waals surface area contributed by atoms with Crippen LogP contribution in [-0.2, 0) is 4.79 Å². The molecule has 20 heavy (non-hydrogen) atoms. The van der Waals surface area contributed by atoms with E-state index >= 15 is 0 Å². The smallest absolute Gasteiger partial charge is 0.317 e. The fraction of sp³-hybridized carbons (Fsp3) is 0.941. The lowest BCUT2D eigenvalue weighted by molar-refractivity contribution is -0.140. The van der Waals surface area contributed by atoms with Gasteiger partial charge in [-0.25, -0.2) is 0 Å². The van der Waals surface area contributed by atoms with Crippen LogP contribution in [0.1, 0.15) is 71.6 Å². The lowest BCUT2D eigenvalue weighted by Gasteiger charge is -2.40.